The summed E-state index contributed by atoms with van der Waals surface area (Å²) in [5.74, 6) is 0.761. The van der Waals surface area contributed by atoms with E-state index in [0.29, 0.717) is 18.5 Å². The minimum atomic E-state index is -0.754. The number of aromatic nitrogens is 1. The highest BCUT2D eigenvalue weighted by molar-refractivity contribution is 5.42. The fourth-order valence-electron chi connectivity index (χ4n) is 1.77. The predicted octanol–water partition coefficient (Wildman–Crippen LogP) is 1.89. The van der Waals surface area contributed by atoms with Gasteiger partial charge in [0, 0.05) is 12.7 Å². The van der Waals surface area contributed by atoms with Crippen molar-refractivity contribution in [3.05, 3.63) is 23.9 Å². The van der Waals surface area contributed by atoms with Gasteiger partial charge < -0.3 is 4.90 Å². The van der Waals surface area contributed by atoms with Crippen molar-refractivity contribution in [2.24, 2.45) is 0 Å². The van der Waals surface area contributed by atoms with Crippen LogP contribution in [0.5, 0.6) is 0 Å². The molecule has 1 aromatic rings. The number of alkyl halides is 1. The van der Waals surface area contributed by atoms with Crippen molar-refractivity contribution in [1.29, 1.82) is 5.26 Å². The second-order valence-corrected chi connectivity index (χ2v) is 3.70. The van der Waals surface area contributed by atoms with Crippen molar-refractivity contribution >= 4 is 5.82 Å². The van der Waals surface area contributed by atoms with Gasteiger partial charge in [0.25, 0.3) is 0 Å². The summed E-state index contributed by atoms with van der Waals surface area (Å²) in [5.41, 5.74) is 0.535. The maximum atomic E-state index is 13.1. The van der Waals surface area contributed by atoms with Crippen LogP contribution in [0.1, 0.15) is 18.4 Å². The molecule has 0 amide bonds. The quantitative estimate of drug-likeness (QED) is 0.702. The standard InChI is InChI=1S/C11H12FN3/c12-10-2-1-5-15(8-10)11-4-3-9(6-13)7-14-11/h3-4,7,10H,1-2,5,8H2. The zero-order chi connectivity index (χ0) is 10.7. The lowest BCUT2D eigenvalue weighted by Gasteiger charge is -2.29. The molecule has 0 aliphatic carbocycles. The van der Waals surface area contributed by atoms with E-state index in [4.69, 9.17) is 5.26 Å². The van der Waals surface area contributed by atoms with E-state index >= 15 is 0 Å². The SMILES string of the molecule is N#Cc1ccc(N2CCCC(F)C2)nc1. The molecule has 0 aromatic carbocycles. The molecule has 1 unspecified atom stereocenters. The summed E-state index contributed by atoms with van der Waals surface area (Å²) in [4.78, 5) is 6.07. The third kappa shape index (κ3) is 2.24. The van der Waals surface area contributed by atoms with E-state index in [1.54, 1.807) is 12.1 Å². The number of hydrogen-bond donors (Lipinski definition) is 0. The van der Waals surface area contributed by atoms with E-state index in [0.717, 1.165) is 18.8 Å². The molecule has 78 valence electrons. The van der Waals surface area contributed by atoms with Gasteiger partial charge in [-0.3, -0.25) is 0 Å². The van der Waals surface area contributed by atoms with E-state index in [1.807, 2.05) is 11.0 Å². The van der Waals surface area contributed by atoms with Crippen LogP contribution >= 0.6 is 0 Å². The fourth-order valence-corrected chi connectivity index (χ4v) is 1.77. The Hall–Kier alpha value is -1.63. The van der Waals surface area contributed by atoms with Gasteiger partial charge in [-0.1, -0.05) is 0 Å². The molecule has 0 spiro atoms. The Morgan fingerprint density at radius 1 is 1.53 bits per heavy atom. The van der Waals surface area contributed by atoms with Crippen LogP contribution in [0.4, 0.5) is 10.2 Å². The van der Waals surface area contributed by atoms with Gasteiger partial charge in [-0.05, 0) is 25.0 Å². The number of halogens is 1. The first-order valence-electron chi connectivity index (χ1n) is 5.05. The lowest BCUT2D eigenvalue weighted by Crippen LogP contribution is -2.36. The molecule has 0 radical (unpaired) electrons. The van der Waals surface area contributed by atoms with Gasteiger partial charge in [0.1, 0.15) is 18.1 Å². The second-order valence-electron chi connectivity index (χ2n) is 3.70. The highest BCUT2D eigenvalue weighted by atomic mass is 19.1. The largest absolute Gasteiger partial charge is 0.354 e. The van der Waals surface area contributed by atoms with Gasteiger partial charge in [-0.15, -0.1) is 0 Å². The summed E-state index contributed by atoms with van der Waals surface area (Å²) >= 11 is 0. The summed E-state index contributed by atoms with van der Waals surface area (Å²) in [6, 6.07) is 5.50. The monoisotopic (exact) mass is 205 g/mol. The van der Waals surface area contributed by atoms with E-state index < -0.39 is 6.17 Å². The van der Waals surface area contributed by atoms with E-state index in [2.05, 4.69) is 4.98 Å². The molecule has 4 heteroatoms. The van der Waals surface area contributed by atoms with Gasteiger partial charge in [-0.2, -0.15) is 5.26 Å². The Morgan fingerprint density at radius 3 is 3.00 bits per heavy atom. The molecule has 2 heterocycles. The van der Waals surface area contributed by atoms with Crippen molar-refractivity contribution in [2.45, 2.75) is 19.0 Å². The lowest BCUT2D eigenvalue weighted by atomic mass is 10.1. The minimum Gasteiger partial charge on any atom is -0.354 e. The Kier molecular flexibility index (Phi) is 2.82. The number of anilines is 1. The maximum Gasteiger partial charge on any atom is 0.128 e. The van der Waals surface area contributed by atoms with Crippen molar-refractivity contribution in [3.63, 3.8) is 0 Å². The van der Waals surface area contributed by atoms with E-state index in [-0.39, 0.29) is 0 Å². The third-order valence-electron chi connectivity index (χ3n) is 2.56. The number of hydrogen-bond acceptors (Lipinski definition) is 3. The molecular formula is C11H12FN3. The van der Waals surface area contributed by atoms with Crippen molar-refractivity contribution in [3.8, 4) is 6.07 Å². The first-order chi connectivity index (χ1) is 7.29. The van der Waals surface area contributed by atoms with Crippen LogP contribution in [0, 0.1) is 11.3 Å². The summed E-state index contributed by atoms with van der Waals surface area (Å²) in [5, 5.41) is 8.62. The Labute approximate surface area is 88.2 Å². The van der Waals surface area contributed by atoms with Gasteiger partial charge in [0.05, 0.1) is 12.1 Å². The topological polar surface area (TPSA) is 39.9 Å². The maximum absolute atomic E-state index is 13.1. The summed E-state index contributed by atoms with van der Waals surface area (Å²) < 4.78 is 13.1. The van der Waals surface area contributed by atoms with Gasteiger partial charge in [-0.25, -0.2) is 9.37 Å². The highest BCUT2D eigenvalue weighted by Crippen LogP contribution is 2.19. The zero-order valence-electron chi connectivity index (χ0n) is 8.36. The first kappa shape index (κ1) is 9.91. The molecule has 0 bridgehead atoms. The number of nitrogens with zero attached hydrogens (tertiary/aromatic N) is 3. The molecule has 2 rings (SSSR count). The average molecular weight is 205 g/mol. The molecule has 1 aliphatic rings. The van der Waals surface area contributed by atoms with Gasteiger partial charge in [0.15, 0.2) is 0 Å². The number of nitriles is 1. The zero-order valence-corrected chi connectivity index (χ0v) is 8.36. The molecule has 15 heavy (non-hydrogen) atoms. The molecule has 1 aliphatic heterocycles. The smallest absolute Gasteiger partial charge is 0.128 e. The number of pyridine rings is 1. The fraction of sp³-hybridized carbons (Fsp3) is 0.455. The van der Waals surface area contributed by atoms with Gasteiger partial charge in [0.2, 0.25) is 0 Å². The molecule has 1 atom stereocenters. The lowest BCUT2D eigenvalue weighted by molar-refractivity contribution is 0.286. The number of piperidine rings is 1. The predicted molar refractivity (Wildman–Crippen MR) is 55.3 cm³/mol. The van der Waals surface area contributed by atoms with Crippen LogP contribution in [-0.4, -0.2) is 24.2 Å². The van der Waals surface area contributed by atoms with Crippen LogP contribution in [-0.2, 0) is 0 Å². The van der Waals surface area contributed by atoms with Crippen molar-refractivity contribution in [1.82, 2.24) is 4.98 Å². The van der Waals surface area contributed by atoms with Crippen LogP contribution < -0.4 is 4.90 Å². The summed E-state index contributed by atoms with van der Waals surface area (Å²) in [6.07, 6.45) is 2.28. The minimum absolute atomic E-state index is 0.416. The molecule has 3 nitrogen and oxygen atoms in total. The average Bonchev–Trinajstić information content (AvgIpc) is 2.29. The van der Waals surface area contributed by atoms with Gasteiger partial charge >= 0.3 is 0 Å². The normalized spacial score (nSPS) is 21.1. The van der Waals surface area contributed by atoms with Crippen LogP contribution in [0.2, 0.25) is 0 Å². The Balaban J connectivity index is 2.12. The van der Waals surface area contributed by atoms with Crippen LogP contribution in [0.15, 0.2) is 18.3 Å². The Morgan fingerprint density at radius 2 is 2.40 bits per heavy atom. The molecule has 1 aromatic heterocycles. The summed E-state index contributed by atoms with van der Waals surface area (Å²) in [6.45, 7) is 1.26. The van der Waals surface area contributed by atoms with E-state index in [1.165, 1.54) is 6.20 Å². The molecule has 1 saturated heterocycles. The second kappa shape index (κ2) is 4.26. The van der Waals surface area contributed by atoms with Crippen molar-refractivity contribution in [2.75, 3.05) is 18.0 Å². The number of rotatable bonds is 1. The van der Waals surface area contributed by atoms with Crippen LogP contribution in [0.3, 0.4) is 0 Å². The molecule has 1 fully saturated rings. The van der Waals surface area contributed by atoms with Crippen molar-refractivity contribution < 1.29 is 4.39 Å². The molecular weight excluding hydrogens is 193 g/mol. The van der Waals surface area contributed by atoms with Crippen LogP contribution in [0.25, 0.3) is 0 Å². The molecule has 0 N–H and O–H groups in total. The third-order valence-corrected chi connectivity index (χ3v) is 2.56. The first-order valence-corrected chi connectivity index (χ1v) is 5.05. The Bertz CT molecular complexity index is 368. The van der Waals surface area contributed by atoms with E-state index in [9.17, 15) is 4.39 Å². The summed E-state index contributed by atoms with van der Waals surface area (Å²) in [7, 11) is 0. The highest BCUT2D eigenvalue weighted by Gasteiger charge is 2.19. The molecule has 0 saturated carbocycles.